The Labute approximate surface area is 253 Å². The summed E-state index contributed by atoms with van der Waals surface area (Å²) in [5, 5.41) is 6.29. The van der Waals surface area contributed by atoms with Gasteiger partial charge in [0.2, 0.25) is 0 Å². The molecule has 0 unspecified atom stereocenters. The maximum Gasteiger partial charge on any atom is 0.139 e. The fourth-order valence-electron chi connectivity index (χ4n) is 6.15. The van der Waals surface area contributed by atoms with Crippen molar-refractivity contribution in [2.24, 2.45) is 0 Å². The number of anilines is 1. The second-order valence-corrected chi connectivity index (χ2v) is 11.4. The Morgan fingerprint density at radius 2 is 1.26 bits per heavy atom. The van der Waals surface area contributed by atoms with E-state index >= 15 is 4.39 Å². The maximum absolute atomic E-state index is 15.4. The van der Waals surface area contributed by atoms with Crippen LogP contribution in [-0.4, -0.2) is 36.1 Å². The van der Waals surface area contributed by atoms with Crippen molar-refractivity contribution in [3.63, 3.8) is 0 Å². The predicted octanol–water partition coefficient (Wildman–Crippen LogP) is 8.28. The van der Waals surface area contributed by atoms with Crippen LogP contribution in [0.1, 0.15) is 16.7 Å². The molecule has 0 aliphatic carbocycles. The summed E-state index contributed by atoms with van der Waals surface area (Å²) in [5.41, 5.74) is 5.83. The quantitative estimate of drug-likeness (QED) is 0.176. The third kappa shape index (κ3) is 4.52. The lowest BCUT2D eigenvalue weighted by Gasteiger charge is -2.37. The van der Waals surface area contributed by atoms with E-state index in [1.165, 1.54) is 0 Å². The zero-order valence-electron chi connectivity index (χ0n) is 23.0. The summed E-state index contributed by atoms with van der Waals surface area (Å²) in [6.45, 7) is 3.10. The first kappa shape index (κ1) is 26.6. The third-order valence-corrected chi connectivity index (χ3v) is 8.72. The molecular weight excluding hydrogens is 589 g/mol. The molecule has 5 aromatic carbocycles. The highest BCUT2D eigenvalue weighted by Crippen LogP contribution is 2.44. The van der Waals surface area contributed by atoms with Gasteiger partial charge in [-0.2, -0.15) is 5.10 Å². The highest BCUT2D eigenvalue weighted by Gasteiger charge is 2.41. The molecule has 0 bridgehead atoms. The van der Waals surface area contributed by atoms with Gasteiger partial charge in [0.25, 0.3) is 0 Å². The van der Waals surface area contributed by atoms with E-state index in [9.17, 15) is 0 Å². The summed E-state index contributed by atoms with van der Waals surface area (Å²) in [7, 11) is 0. The van der Waals surface area contributed by atoms with E-state index in [2.05, 4.69) is 81.5 Å². The Kier molecular flexibility index (Phi) is 7.10. The first-order valence-electron chi connectivity index (χ1n) is 14.1. The molecule has 0 spiro atoms. The molecule has 0 saturated carbocycles. The molecule has 6 aromatic rings. The van der Waals surface area contributed by atoms with Gasteiger partial charge in [-0.3, -0.25) is 0 Å². The van der Waals surface area contributed by atoms with E-state index in [0.29, 0.717) is 23.2 Å². The first-order valence-corrected chi connectivity index (χ1v) is 14.9. The monoisotopic (exact) mass is 617 g/mol. The Morgan fingerprint density at radius 1 is 0.690 bits per heavy atom. The van der Waals surface area contributed by atoms with E-state index < -0.39 is 5.54 Å². The molecular formula is C36H29BrFN3O. The van der Waals surface area contributed by atoms with Gasteiger partial charge in [0.05, 0.1) is 23.2 Å². The zero-order chi connectivity index (χ0) is 28.5. The molecule has 42 heavy (non-hydrogen) atoms. The number of nitrogens with zero attached hydrogens (tertiary/aromatic N) is 3. The number of hydrogen-bond acceptors (Lipinski definition) is 3. The summed E-state index contributed by atoms with van der Waals surface area (Å²) in [6.07, 6.45) is 0. The van der Waals surface area contributed by atoms with Crippen molar-refractivity contribution in [1.29, 1.82) is 0 Å². The lowest BCUT2D eigenvalue weighted by atomic mass is 9.77. The molecule has 0 atom stereocenters. The Balaban J connectivity index is 1.57. The van der Waals surface area contributed by atoms with Gasteiger partial charge in [-0.25, -0.2) is 9.07 Å². The largest absolute Gasteiger partial charge is 0.378 e. The number of hydrogen-bond donors (Lipinski definition) is 0. The second-order valence-electron chi connectivity index (χ2n) is 10.5. The molecule has 0 radical (unpaired) electrons. The van der Waals surface area contributed by atoms with Crippen molar-refractivity contribution in [2.45, 2.75) is 5.54 Å². The van der Waals surface area contributed by atoms with Crippen LogP contribution in [0, 0.1) is 5.82 Å². The van der Waals surface area contributed by atoms with Gasteiger partial charge >= 0.3 is 0 Å². The number of halogens is 2. The smallest absolute Gasteiger partial charge is 0.139 e. The van der Waals surface area contributed by atoms with E-state index in [1.807, 2.05) is 65.3 Å². The highest BCUT2D eigenvalue weighted by molar-refractivity contribution is 9.10. The Bertz CT molecular complexity index is 1740. The van der Waals surface area contributed by atoms with Crippen molar-refractivity contribution in [1.82, 2.24) is 9.78 Å². The number of rotatable bonds is 6. The van der Waals surface area contributed by atoms with Gasteiger partial charge in [-0.1, -0.05) is 103 Å². The lowest BCUT2D eigenvalue weighted by Crippen LogP contribution is -2.38. The molecule has 6 heteroatoms. The summed E-state index contributed by atoms with van der Waals surface area (Å²) < 4.78 is 23.5. The molecule has 0 N–H and O–H groups in total. The van der Waals surface area contributed by atoms with E-state index in [-0.39, 0.29) is 5.82 Å². The van der Waals surface area contributed by atoms with Crippen LogP contribution in [0.15, 0.2) is 132 Å². The average Bonchev–Trinajstić information content (AvgIpc) is 3.42. The zero-order valence-corrected chi connectivity index (χ0v) is 24.5. The molecule has 7 rings (SSSR count). The summed E-state index contributed by atoms with van der Waals surface area (Å²) in [5.74, 6) is -0.333. The predicted molar refractivity (Wildman–Crippen MR) is 170 cm³/mol. The average molecular weight is 619 g/mol. The molecule has 1 aromatic heterocycles. The van der Waals surface area contributed by atoms with Crippen LogP contribution in [0.2, 0.25) is 0 Å². The summed E-state index contributed by atoms with van der Waals surface area (Å²) in [4.78, 5) is 2.34. The van der Waals surface area contributed by atoms with Gasteiger partial charge in [0.1, 0.15) is 17.1 Å². The van der Waals surface area contributed by atoms with Crippen molar-refractivity contribution < 1.29 is 9.13 Å². The maximum atomic E-state index is 15.4. The van der Waals surface area contributed by atoms with Crippen molar-refractivity contribution in [2.75, 3.05) is 31.2 Å². The molecule has 0 amide bonds. The number of aromatic nitrogens is 2. The molecule has 4 nitrogen and oxygen atoms in total. The standard InChI is InChI=1S/C36H29BrFN3O/c37-32-24-31-34(25-33(32)38)41(39-35(31)26-11-10-18-30(23-26)40-19-21-42-22-20-40)36(27-12-4-1-5-13-27,28-14-6-2-7-15-28)29-16-8-3-9-17-29/h1-18,23-25H,19-22H2. The Morgan fingerprint density at radius 3 is 1.83 bits per heavy atom. The van der Waals surface area contributed by atoms with Gasteiger partial charge < -0.3 is 9.64 Å². The van der Waals surface area contributed by atoms with Gasteiger partial charge in [0, 0.05) is 35.8 Å². The molecule has 2 heterocycles. The van der Waals surface area contributed by atoms with Crippen LogP contribution in [0.25, 0.3) is 22.2 Å². The SMILES string of the molecule is Fc1cc2c(cc1Br)c(-c1cccc(N3CCOCC3)c1)nn2C(c1ccccc1)(c1ccccc1)c1ccccc1. The minimum Gasteiger partial charge on any atom is -0.378 e. The first-order chi connectivity index (χ1) is 20.7. The fraction of sp³-hybridized carbons (Fsp3) is 0.139. The highest BCUT2D eigenvalue weighted by atomic mass is 79.9. The van der Waals surface area contributed by atoms with Gasteiger partial charge in [0.15, 0.2) is 0 Å². The van der Waals surface area contributed by atoms with Crippen LogP contribution in [0.4, 0.5) is 10.1 Å². The minimum absolute atomic E-state index is 0.333. The number of benzene rings is 5. The topological polar surface area (TPSA) is 30.3 Å². The van der Waals surface area contributed by atoms with Crippen LogP contribution in [-0.2, 0) is 10.3 Å². The van der Waals surface area contributed by atoms with Gasteiger partial charge in [-0.05, 0) is 50.8 Å². The van der Waals surface area contributed by atoms with Crippen LogP contribution >= 0.6 is 15.9 Å². The van der Waals surface area contributed by atoms with Crippen LogP contribution in [0.5, 0.6) is 0 Å². The van der Waals surface area contributed by atoms with Gasteiger partial charge in [-0.15, -0.1) is 0 Å². The van der Waals surface area contributed by atoms with E-state index in [0.717, 1.165) is 52.1 Å². The fourth-order valence-corrected chi connectivity index (χ4v) is 6.50. The van der Waals surface area contributed by atoms with Crippen molar-refractivity contribution >= 4 is 32.5 Å². The third-order valence-electron chi connectivity index (χ3n) is 8.11. The molecule has 1 saturated heterocycles. The van der Waals surface area contributed by atoms with Crippen molar-refractivity contribution in [3.8, 4) is 11.3 Å². The summed E-state index contributed by atoms with van der Waals surface area (Å²) >= 11 is 3.46. The van der Waals surface area contributed by atoms with Crippen molar-refractivity contribution in [3.05, 3.63) is 154 Å². The number of fused-ring (bicyclic) bond motifs is 1. The molecule has 1 aliphatic heterocycles. The van der Waals surface area contributed by atoms with Crippen LogP contribution < -0.4 is 4.90 Å². The lowest BCUT2D eigenvalue weighted by molar-refractivity contribution is 0.122. The van der Waals surface area contributed by atoms with Crippen LogP contribution in [0.3, 0.4) is 0 Å². The minimum atomic E-state index is -0.873. The Hall–Kier alpha value is -4.26. The summed E-state index contributed by atoms with van der Waals surface area (Å²) in [6, 6.07) is 43.0. The molecule has 208 valence electrons. The number of morpholine rings is 1. The number of ether oxygens (including phenoxy) is 1. The van der Waals surface area contributed by atoms with E-state index in [1.54, 1.807) is 6.07 Å². The second kappa shape index (κ2) is 11.2. The molecule has 1 fully saturated rings. The van der Waals surface area contributed by atoms with E-state index in [4.69, 9.17) is 9.84 Å². The normalized spacial score (nSPS) is 13.9. The molecule has 1 aliphatic rings.